The molecule has 0 fully saturated rings. The zero-order chi connectivity index (χ0) is 11.3. The largest absolute Gasteiger partial charge is 0.244 e. The van der Waals surface area contributed by atoms with Crippen LogP contribution in [0.15, 0.2) is 16.3 Å². The van der Waals surface area contributed by atoms with Crippen LogP contribution in [0, 0.1) is 0 Å². The molecule has 1 aromatic heterocycles. The average molecular weight is 245 g/mol. The Balaban J connectivity index is 2.66. The minimum atomic E-state index is -3.22. The van der Waals surface area contributed by atoms with Gasteiger partial charge in [-0.2, -0.15) is 4.31 Å². The summed E-state index contributed by atoms with van der Waals surface area (Å²) in [6.45, 7) is 7.20. The Kier molecular flexibility index (Phi) is 2.44. The quantitative estimate of drug-likeness (QED) is 0.759. The lowest BCUT2D eigenvalue weighted by Gasteiger charge is -2.36. The summed E-state index contributed by atoms with van der Waals surface area (Å²) < 4.78 is 25.8. The van der Waals surface area contributed by atoms with Crippen molar-refractivity contribution in [3.63, 3.8) is 0 Å². The first-order valence-corrected chi connectivity index (χ1v) is 7.29. The fourth-order valence-electron chi connectivity index (χ4n) is 2.01. The molecule has 1 aliphatic rings. The van der Waals surface area contributed by atoms with E-state index in [0.29, 0.717) is 18.0 Å². The maximum absolute atomic E-state index is 12.1. The molecule has 0 aromatic carbocycles. The van der Waals surface area contributed by atoms with E-state index < -0.39 is 10.0 Å². The molecule has 3 nitrogen and oxygen atoms in total. The molecular weight excluding hydrogens is 230 g/mol. The first-order valence-electron chi connectivity index (χ1n) is 4.97. The molecule has 0 amide bonds. The van der Waals surface area contributed by atoms with Crippen LogP contribution in [-0.4, -0.2) is 25.8 Å². The van der Waals surface area contributed by atoms with Crippen molar-refractivity contribution in [1.82, 2.24) is 4.31 Å². The smallest absolute Gasteiger partial charge is 0.207 e. The van der Waals surface area contributed by atoms with Gasteiger partial charge < -0.3 is 0 Å². The van der Waals surface area contributed by atoms with Gasteiger partial charge in [0.25, 0.3) is 0 Å². The summed E-state index contributed by atoms with van der Waals surface area (Å²) in [6, 6.07) is 1.72. The van der Waals surface area contributed by atoms with Crippen LogP contribution in [0.3, 0.4) is 0 Å². The molecule has 1 aliphatic heterocycles. The van der Waals surface area contributed by atoms with E-state index in [2.05, 4.69) is 13.8 Å². The second-order valence-electron chi connectivity index (χ2n) is 4.43. The van der Waals surface area contributed by atoms with Gasteiger partial charge in [-0.1, -0.05) is 20.8 Å². The first-order chi connectivity index (χ1) is 6.89. The first kappa shape index (κ1) is 11.1. The molecule has 5 heteroatoms. The van der Waals surface area contributed by atoms with E-state index in [1.54, 1.807) is 21.7 Å². The summed E-state index contributed by atoms with van der Waals surface area (Å²) in [5.74, 6) is 0. The number of thiophene rings is 1. The predicted octanol–water partition coefficient (Wildman–Crippen LogP) is 2.05. The molecule has 2 rings (SSSR count). The number of fused-ring (bicyclic) bond motifs is 1. The lowest BCUT2D eigenvalue weighted by molar-refractivity contribution is 0.328. The van der Waals surface area contributed by atoms with Crippen molar-refractivity contribution in [2.24, 2.45) is 0 Å². The molecule has 0 bridgehead atoms. The van der Waals surface area contributed by atoms with Crippen molar-refractivity contribution in [2.45, 2.75) is 31.1 Å². The fraction of sp³-hybridized carbons (Fsp3) is 0.600. The molecular formula is C10H15NO2S2. The van der Waals surface area contributed by atoms with Gasteiger partial charge in [0.15, 0.2) is 0 Å². The molecule has 15 heavy (non-hydrogen) atoms. The maximum Gasteiger partial charge on any atom is 0.244 e. The van der Waals surface area contributed by atoms with Crippen LogP contribution in [0.25, 0.3) is 0 Å². The summed E-state index contributed by atoms with van der Waals surface area (Å²) >= 11 is 1.54. The number of hydrogen-bond acceptors (Lipinski definition) is 3. The van der Waals surface area contributed by atoms with E-state index in [-0.39, 0.29) is 5.41 Å². The van der Waals surface area contributed by atoms with Gasteiger partial charge in [0.05, 0.1) is 4.90 Å². The minimum Gasteiger partial charge on any atom is -0.207 e. The number of nitrogens with zero attached hydrogens (tertiary/aromatic N) is 1. The van der Waals surface area contributed by atoms with Gasteiger partial charge in [0.1, 0.15) is 0 Å². The predicted molar refractivity (Wildman–Crippen MR) is 61.8 cm³/mol. The molecule has 0 aliphatic carbocycles. The van der Waals surface area contributed by atoms with E-state index in [4.69, 9.17) is 0 Å². The van der Waals surface area contributed by atoms with Gasteiger partial charge in [-0.05, 0) is 11.4 Å². The molecule has 2 heterocycles. The van der Waals surface area contributed by atoms with Crippen molar-refractivity contribution in [2.75, 3.05) is 13.1 Å². The summed E-state index contributed by atoms with van der Waals surface area (Å²) in [5, 5.41) is 1.86. The van der Waals surface area contributed by atoms with Gasteiger partial charge in [-0.3, -0.25) is 0 Å². The van der Waals surface area contributed by atoms with Crippen LogP contribution in [-0.2, 0) is 15.4 Å². The highest BCUT2D eigenvalue weighted by atomic mass is 32.2. The van der Waals surface area contributed by atoms with Crippen molar-refractivity contribution < 1.29 is 8.42 Å². The molecule has 0 atom stereocenters. The van der Waals surface area contributed by atoms with Crippen LogP contribution >= 0.6 is 11.3 Å². The van der Waals surface area contributed by atoms with Gasteiger partial charge in [-0.15, -0.1) is 11.3 Å². The zero-order valence-corrected chi connectivity index (χ0v) is 10.8. The molecule has 0 spiro atoms. The van der Waals surface area contributed by atoms with Crippen LogP contribution in [0.4, 0.5) is 0 Å². The third kappa shape index (κ3) is 1.53. The summed E-state index contributed by atoms with van der Waals surface area (Å²) in [7, 11) is -3.22. The SMILES string of the molecule is CCN1CC(C)(C)c2sccc2S1(=O)=O. The number of hydrogen-bond donors (Lipinski definition) is 0. The molecule has 0 saturated heterocycles. The normalized spacial score (nSPS) is 23.7. The molecule has 84 valence electrons. The fourth-order valence-corrected chi connectivity index (χ4v) is 5.33. The van der Waals surface area contributed by atoms with Gasteiger partial charge in [0, 0.05) is 23.4 Å². The second-order valence-corrected chi connectivity index (χ2v) is 7.25. The van der Waals surface area contributed by atoms with Gasteiger partial charge in [-0.25, -0.2) is 8.42 Å². The Hall–Kier alpha value is -0.390. The minimum absolute atomic E-state index is 0.0647. The van der Waals surface area contributed by atoms with E-state index >= 15 is 0 Å². The lowest BCUT2D eigenvalue weighted by Crippen LogP contribution is -2.45. The number of rotatable bonds is 1. The standard InChI is InChI=1S/C10H15NO2S2/c1-4-11-7-10(2,3)9-8(5-6-14-9)15(11,12)13/h5-6H,4,7H2,1-3H3. The Bertz CT molecular complexity index is 473. The van der Waals surface area contributed by atoms with Gasteiger partial charge in [0.2, 0.25) is 10.0 Å². The van der Waals surface area contributed by atoms with Crippen molar-refractivity contribution in [3.8, 4) is 0 Å². The summed E-state index contributed by atoms with van der Waals surface area (Å²) in [6.07, 6.45) is 0. The molecule has 0 unspecified atom stereocenters. The Morgan fingerprint density at radius 2 is 2.20 bits per heavy atom. The van der Waals surface area contributed by atoms with E-state index in [1.807, 2.05) is 12.3 Å². The monoisotopic (exact) mass is 245 g/mol. The van der Waals surface area contributed by atoms with E-state index in [1.165, 1.54) is 0 Å². The summed E-state index contributed by atoms with van der Waals surface area (Å²) in [5.41, 5.74) is -0.0647. The van der Waals surface area contributed by atoms with Crippen molar-refractivity contribution >= 4 is 21.4 Å². The van der Waals surface area contributed by atoms with Crippen LogP contribution in [0.2, 0.25) is 0 Å². The third-order valence-corrected chi connectivity index (χ3v) is 6.16. The third-order valence-electron chi connectivity index (χ3n) is 2.79. The number of sulfonamides is 1. The zero-order valence-electron chi connectivity index (χ0n) is 9.15. The van der Waals surface area contributed by atoms with Crippen LogP contribution in [0.5, 0.6) is 0 Å². The van der Waals surface area contributed by atoms with Crippen LogP contribution in [0.1, 0.15) is 25.6 Å². The molecule has 0 radical (unpaired) electrons. The molecule has 0 saturated carbocycles. The second kappa shape index (κ2) is 3.30. The van der Waals surface area contributed by atoms with Gasteiger partial charge >= 0.3 is 0 Å². The summed E-state index contributed by atoms with van der Waals surface area (Å²) in [4.78, 5) is 1.50. The Morgan fingerprint density at radius 1 is 1.53 bits per heavy atom. The maximum atomic E-state index is 12.1. The van der Waals surface area contributed by atoms with Crippen molar-refractivity contribution in [1.29, 1.82) is 0 Å². The highest BCUT2D eigenvalue weighted by Crippen LogP contribution is 2.40. The highest BCUT2D eigenvalue weighted by Gasteiger charge is 2.41. The van der Waals surface area contributed by atoms with Crippen LogP contribution < -0.4 is 0 Å². The molecule has 0 N–H and O–H groups in total. The molecule has 1 aromatic rings. The highest BCUT2D eigenvalue weighted by molar-refractivity contribution is 7.89. The Morgan fingerprint density at radius 3 is 2.80 bits per heavy atom. The topological polar surface area (TPSA) is 37.4 Å². The lowest BCUT2D eigenvalue weighted by atomic mass is 9.91. The average Bonchev–Trinajstić information content (AvgIpc) is 2.62. The van der Waals surface area contributed by atoms with E-state index in [0.717, 1.165) is 4.88 Å². The van der Waals surface area contributed by atoms with Crippen molar-refractivity contribution in [3.05, 3.63) is 16.3 Å². The number of likely N-dealkylation sites (N-methyl/N-ethyl adjacent to an activating group) is 1. The van der Waals surface area contributed by atoms with E-state index in [9.17, 15) is 8.42 Å². The Labute approximate surface area is 94.8 Å².